The highest BCUT2D eigenvalue weighted by atomic mass is 16.5. The SMILES string of the molecule is Cc1nnc(CCCC#Cc2cc(C)c3on(C)c(=O)c3c2)o1. The van der Waals surface area contributed by atoms with Crippen LogP contribution in [0.5, 0.6) is 0 Å². The van der Waals surface area contributed by atoms with Gasteiger partial charge in [0.15, 0.2) is 5.58 Å². The first kappa shape index (κ1) is 15.1. The average molecular weight is 311 g/mol. The van der Waals surface area contributed by atoms with E-state index in [0.29, 0.717) is 22.8 Å². The molecule has 1 aromatic carbocycles. The number of benzene rings is 1. The summed E-state index contributed by atoms with van der Waals surface area (Å²) in [4.78, 5) is 12.0. The fourth-order valence-corrected chi connectivity index (χ4v) is 2.41. The Labute approximate surface area is 133 Å². The van der Waals surface area contributed by atoms with Crippen LogP contribution in [0.15, 0.2) is 25.9 Å². The molecule has 23 heavy (non-hydrogen) atoms. The summed E-state index contributed by atoms with van der Waals surface area (Å²) < 4.78 is 12.0. The third-order valence-electron chi connectivity index (χ3n) is 3.51. The molecule has 0 saturated heterocycles. The molecule has 0 unspecified atom stereocenters. The largest absolute Gasteiger partial charge is 0.426 e. The van der Waals surface area contributed by atoms with E-state index in [2.05, 4.69) is 22.0 Å². The highest BCUT2D eigenvalue weighted by molar-refractivity contribution is 5.81. The molecule has 2 aromatic heterocycles. The highest BCUT2D eigenvalue weighted by Gasteiger charge is 2.10. The standard InChI is InChI=1S/C17H17N3O3/c1-11-9-13(10-14-16(11)23-20(3)17(14)21)7-5-4-6-8-15-19-18-12(2)22-15/h9-10H,4,6,8H2,1-3H3. The predicted octanol–water partition coefficient (Wildman–Crippen LogP) is 2.51. The molecule has 3 aromatic rings. The van der Waals surface area contributed by atoms with Crippen molar-refractivity contribution >= 4 is 11.0 Å². The first-order chi connectivity index (χ1) is 11.0. The van der Waals surface area contributed by atoms with Crippen LogP contribution in [-0.2, 0) is 13.5 Å². The Kier molecular flexibility index (Phi) is 4.02. The van der Waals surface area contributed by atoms with Gasteiger partial charge in [-0.05, 0) is 31.0 Å². The number of unbranched alkanes of at least 4 members (excludes halogenated alkanes) is 1. The molecule has 0 spiro atoms. The van der Waals surface area contributed by atoms with Crippen molar-refractivity contribution in [1.29, 1.82) is 0 Å². The van der Waals surface area contributed by atoms with E-state index >= 15 is 0 Å². The molecular formula is C17H17N3O3. The molecule has 6 heteroatoms. The molecule has 0 fully saturated rings. The van der Waals surface area contributed by atoms with Crippen molar-refractivity contribution in [2.24, 2.45) is 7.05 Å². The first-order valence-electron chi connectivity index (χ1n) is 7.43. The minimum atomic E-state index is -0.140. The summed E-state index contributed by atoms with van der Waals surface area (Å²) in [6, 6.07) is 3.71. The van der Waals surface area contributed by atoms with E-state index in [4.69, 9.17) is 8.94 Å². The first-order valence-corrected chi connectivity index (χ1v) is 7.43. The van der Waals surface area contributed by atoms with E-state index in [1.54, 1.807) is 20.0 Å². The quantitative estimate of drug-likeness (QED) is 0.549. The number of hydrogen-bond donors (Lipinski definition) is 0. The second kappa shape index (κ2) is 6.13. The lowest BCUT2D eigenvalue weighted by Crippen LogP contribution is -2.08. The van der Waals surface area contributed by atoms with Crippen molar-refractivity contribution in [3.63, 3.8) is 0 Å². The molecule has 0 amide bonds. The fourth-order valence-electron chi connectivity index (χ4n) is 2.41. The number of aromatic nitrogens is 3. The number of rotatable bonds is 3. The van der Waals surface area contributed by atoms with Crippen LogP contribution in [0.3, 0.4) is 0 Å². The third kappa shape index (κ3) is 3.19. The van der Waals surface area contributed by atoms with Gasteiger partial charge in [-0.3, -0.25) is 4.79 Å². The zero-order valence-electron chi connectivity index (χ0n) is 13.3. The smallest absolute Gasteiger partial charge is 0.290 e. The molecule has 3 rings (SSSR count). The fraction of sp³-hybridized carbons (Fsp3) is 0.353. The maximum atomic E-state index is 12.0. The summed E-state index contributed by atoms with van der Waals surface area (Å²) in [5.41, 5.74) is 2.21. The zero-order valence-corrected chi connectivity index (χ0v) is 13.3. The molecule has 6 nitrogen and oxygen atoms in total. The monoisotopic (exact) mass is 311 g/mol. The van der Waals surface area contributed by atoms with E-state index in [-0.39, 0.29) is 5.56 Å². The van der Waals surface area contributed by atoms with Crippen molar-refractivity contribution in [3.05, 3.63) is 45.4 Å². The van der Waals surface area contributed by atoms with Gasteiger partial charge in [0.1, 0.15) is 0 Å². The van der Waals surface area contributed by atoms with Gasteiger partial charge in [-0.25, -0.2) is 0 Å². The molecule has 0 aliphatic rings. The molecule has 0 radical (unpaired) electrons. The Morgan fingerprint density at radius 1 is 1.26 bits per heavy atom. The third-order valence-corrected chi connectivity index (χ3v) is 3.51. The van der Waals surface area contributed by atoms with Gasteiger partial charge in [0, 0.05) is 32.4 Å². The second-order valence-electron chi connectivity index (χ2n) is 5.43. The second-order valence-corrected chi connectivity index (χ2v) is 5.43. The Hall–Kier alpha value is -2.81. The lowest BCUT2D eigenvalue weighted by atomic mass is 10.1. The van der Waals surface area contributed by atoms with Gasteiger partial charge in [0.25, 0.3) is 5.56 Å². The highest BCUT2D eigenvalue weighted by Crippen LogP contribution is 2.17. The van der Waals surface area contributed by atoms with E-state index < -0.39 is 0 Å². The average Bonchev–Trinajstić information content (AvgIpc) is 3.05. The number of hydrogen-bond acceptors (Lipinski definition) is 5. The van der Waals surface area contributed by atoms with Crippen LogP contribution in [-0.4, -0.2) is 14.9 Å². The Bertz CT molecular complexity index is 967. The summed E-state index contributed by atoms with van der Waals surface area (Å²) in [5, 5.41) is 8.30. The van der Waals surface area contributed by atoms with Gasteiger partial charge < -0.3 is 8.94 Å². The maximum absolute atomic E-state index is 12.0. The molecule has 0 bridgehead atoms. The molecule has 0 aliphatic heterocycles. The van der Waals surface area contributed by atoms with Crippen LogP contribution in [0.4, 0.5) is 0 Å². The normalized spacial score (nSPS) is 10.7. The Morgan fingerprint density at radius 3 is 2.83 bits per heavy atom. The molecule has 0 aliphatic carbocycles. The van der Waals surface area contributed by atoms with Crippen molar-refractivity contribution in [1.82, 2.24) is 14.9 Å². The zero-order chi connectivity index (χ0) is 16.4. The predicted molar refractivity (Wildman–Crippen MR) is 85.0 cm³/mol. The van der Waals surface area contributed by atoms with E-state index in [0.717, 1.165) is 30.4 Å². The summed E-state index contributed by atoms with van der Waals surface area (Å²) in [7, 11) is 1.60. The topological polar surface area (TPSA) is 74.1 Å². The Morgan fingerprint density at radius 2 is 2.09 bits per heavy atom. The van der Waals surface area contributed by atoms with Crippen molar-refractivity contribution in [3.8, 4) is 11.8 Å². The van der Waals surface area contributed by atoms with Crippen LogP contribution in [0.2, 0.25) is 0 Å². The molecule has 0 atom stereocenters. The summed E-state index contributed by atoms with van der Waals surface area (Å²) >= 11 is 0. The minimum Gasteiger partial charge on any atom is -0.426 e. The van der Waals surface area contributed by atoms with E-state index in [9.17, 15) is 4.79 Å². The van der Waals surface area contributed by atoms with Crippen LogP contribution in [0, 0.1) is 25.7 Å². The van der Waals surface area contributed by atoms with Gasteiger partial charge in [-0.1, -0.05) is 11.8 Å². The van der Waals surface area contributed by atoms with Crippen molar-refractivity contribution in [2.75, 3.05) is 0 Å². The lowest BCUT2D eigenvalue weighted by Gasteiger charge is -1.95. The van der Waals surface area contributed by atoms with Crippen molar-refractivity contribution < 1.29 is 8.94 Å². The van der Waals surface area contributed by atoms with Crippen LogP contribution in [0.25, 0.3) is 11.0 Å². The van der Waals surface area contributed by atoms with E-state index in [1.807, 2.05) is 13.0 Å². The van der Waals surface area contributed by atoms with Gasteiger partial charge in [-0.2, -0.15) is 4.74 Å². The van der Waals surface area contributed by atoms with Gasteiger partial charge >= 0.3 is 0 Å². The molecule has 0 N–H and O–H groups in total. The number of nitrogens with zero attached hydrogens (tertiary/aromatic N) is 3. The maximum Gasteiger partial charge on any atom is 0.290 e. The number of fused-ring (bicyclic) bond motifs is 1. The molecule has 0 saturated carbocycles. The van der Waals surface area contributed by atoms with Gasteiger partial charge in [0.05, 0.1) is 5.39 Å². The molecule has 118 valence electrons. The molecule has 2 heterocycles. The Balaban J connectivity index is 1.70. The van der Waals surface area contributed by atoms with Crippen LogP contribution in [0.1, 0.15) is 35.7 Å². The lowest BCUT2D eigenvalue weighted by molar-refractivity contribution is 0.323. The van der Waals surface area contributed by atoms with Crippen molar-refractivity contribution in [2.45, 2.75) is 33.1 Å². The van der Waals surface area contributed by atoms with Crippen LogP contribution >= 0.6 is 0 Å². The van der Waals surface area contributed by atoms with Gasteiger partial charge in [0.2, 0.25) is 11.8 Å². The minimum absolute atomic E-state index is 0.140. The summed E-state index contributed by atoms with van der Waals surface area (Å²) in [5.74, 6) is 7.44. The van der Waals surface area contributed by atoms with Gasteiger partial charge in [-0.15, -0.1) is 10.2 Å². The molecular weight excluding hydrogens is 294 g/mol. The summed E-state index contributed by atoms with van der Waals surface area (Å²) in [6.45, 7) is 3.68. The number of aryl methyl sites for hydroxylation is 4. The van der Waals surface area contributed by atoms with E-state index in [1.165, 1.54) is 4.74 Å². The van der Waals surface area contributed by atoms with Crippen LogP contribution < -0.4 is 5.56 Å². The summed E-state index contributed by atoms with van der Waals surface area (Å²) in [6.07, 6.45) is 2.29.